The minimum Gasteiger partial charge on any atom is -0.317 e. The SMILES string of the molecule is CNC1CCN(C2CC2)CC1.Cl. The molecule has 3 heteroatoms. The number of nitrogens with zero attached hydrogens (tertiary/aromatic N) is 1. The molecule has 1 saturated carbocycles. The number of likely N-dealkylation sites (tertiary alicyclic amines) is 1. The fourth-order valence-corrected chi connectivity index (χ4v) is 1.99. The van der Waals surface area contributed by atoms with Crippen LogP contribution >= 0.6 is 12.4 Å². The molecule has 0 unspecified atom stereocenters. The zero-order chi connectivity index (χ0) is 7.68. The van der Waals surface area contributed by atoms with Gasteiger partial charge < -0.3 is 10.2 Å². The Morgan fingerprint density at radius 1 is 1.08 bits per heavy atom. The Hall–Kier alpha value is 0.210. The van der Waals surface area contributed by atoms with Gasteiger partial charge in [0.1, 0.15) is 0 Å². The topological polar surface area (TPSA) is 15.3 Å². The third kappa shape index (κ3) is 2.35. The van der Waals surface area contributed by atoms with E-state index in [1.807, 2.05) is 0 Å². The van der Waals surface area contributed by atoms with Gasteiger partial charge in [-0.3, -0.25) is 0 Å². The van der Waals surface area contributed by atoms with Crippen molar-refractivity contribution in [3.8, 4) is 0 Å². The number of hydrogen-bond donors (Lipinski definition) is 1. The van der Waals surface area contributed by atoms with Crippen LogP contribution in [-0.2, 0) is 0 Å². The summed E-state index contributed by atoms with van der Waals surface area (Å²) in [7, 11) is 2.08. The number of piperidine rings is 1. The zero-order valence-corrected chi connectivity index (χ0v) is 8.57. The molecule has 1 N–H and O–H groups in total. The van der Waals surface area contributed by atoms with Gasteiger partial charge >= 0.3 is 0 Å². The summed E-state index contributed by atoms with van der Waals surface area (Å²) < 4.78 is 0. The highest BCUT2D eigenvalue weighted by Gasteiger charge is 2.31. The lowest BCUT2D eigenvalue weighted by atomic mass is 10.1. The third-order valence-corrected chi connectivity index (χ3v) is 3.00. The summed E-state index contributed by atoms with van der Waals surface area (Å²) in [6.07, 6.45) is 5.63. The van der Waals surface area contributed by atoms with E-state index < -0.39 is 0 Å². The molecule has 12 heavy (non-hydrogen) atoms. The Morgan fingerprint density at radius 2 is 1.67 bits per heavy atom. The van der Waals surface area contributed by atoms with Crippen molar-refractivity contribution in [2.75, 3.05) is 20.1 Å². The molecule has 0 spiro atoms. The van der Waals surface area contributed by atoms with Gasteiger partial charge in [-0.05, 0) is 45.8 Å². The molecule has 0 bridgehead atoms. The lowest BCUT2D eigenvalue weighted by Crippen LogP contribution is -2.42. The van der Waals surface area contributed by atoms with Gasteiger partial charge in [0.25, 0.3) is 0 Å². The maximum atomic E-state index is 3.36. The average molecular weight is 191 g/mol. The van der Waals surface area contributed by atoms with Gasteiger partial charge in [-0.2, -0.15) is 0 Å². The van der Waals surface area contributed by atoms with Crippen LogP contribution in [0.3, 0.4) is 0 Å². The van der Waals surface area contributed by atoms with Crippen LogP contribution in [-0.4, -0.2) is 37.1 Å². The van der Waals surface area contributed by atoms with E-state index in [-0.39, 0.29) is 12.4 Å². The Balaban J connectivity index is 0.000000720. The molecule has 1 saturated heterocycles. The van der Waals surface area contributed by atoms with Crippen LogP contribution in [0.1, 0.15) is 25.7 Å². The zero-order valence-electron chi connectivity index (χ0n) is 7.75. The summed E-state index contributed by atoms with van der Waals surface area (Å²) in [4.78, 5) is 2.66. The fraction of sp³-hybridized carbons (Fsp3) is 1.00. The van der Waals surface area contributed by atoms with Crippen LogP contribution in [0, 0.1) is 0 Å². The van der Waals surface area contributed by atoms with E-state index in [4.69, 9.17) is 0 Å². The maximum Gasteiger partial charge on any atom is 0.00964 e. The number of nitrogens with one attached hydrogen (secondary N) is 1. The largest absolute Gasteiger partial charge is 0.317 e. The monoisotopic (exact) mass is 190 g/mol. The van der Waals surface area contributed by atoms with Crippen LogP contribution in [0.4, 0.5) is 0 Å². The first-order valence-corrected chi connectivity index (χ1v) is 4.81. The van der Waals surface area contributed by atoms with Crippen molar-refractivity contribution in [3.63, 3.8) is 0 Å². The van der Waals surface area contributed by atoms with E-state index in [1.165, 1.54) is 38.8 Å². The molecule has 1 aliphatic heterocycles. The first-order chi connectivity index (χ1) is 5.40. The molecule has 2 rings (SSSR count). The van der Waals surface area contributed by atoms with Gasteiger partial charge in [0.05, 0.1) is 0 Å². The quantitative estimate of drug-likeness (QED) is 0.706. The molecule has 2 nitrogen and oxygen atoms in total. The third-order valence-electron chi connectivity index (χ3n) is 3.00. The molecule has 2 fully saturated rings. The van der Waals surface area contributed by atoms with Crippen molar-refractivity contribution in [3.05, 3.63) is 0 Å². The normalized spacial score (nSPS) is 26.8. The summed E-state index contributed by atoms with van der Waals surface area (Å²) in [5, 5.41) is 3.36. The van der Waals surface area contributed by atoms with E-state index in [9.17, 15) is 0 Å². The van der Waals surface area contributed by atoms with Gasteiger partial charge in [0.15, 0.2) is 0 Å². The second-order valence-electron chi connectivity index (χ2n) is 3.83. The van der Waals surface area contributed by atoms with E-state index in [2.05, 4.69) is 17.3 Å². The second-order valence-corrected chi connectivity index (χ2v) is 3.83. The van der Waals surface area contributed by atoms with Crippen molar-refractivity contribution in [1.82, 2.24) is 10.2 Å². The van der Waals surface area contributed by atoms with Gasteiger partial charge in [-0.25, -0.2) is 0 Å². The molecule has 0 atom stereocenters. The summed E-state index contributed by atoms with van der Waals surface area (Å²) in [5.74, 6) is 0. The highest BCUT2D eigenvalue weighted by atomic mass is 35.5. The molecule has 1 aliphatic carbocycles. The second kappa shape index (κ2) is 4.45. The van der Waals surface area contributed by atoms with Crippen LogP contribution < -0.4 is 5.32 Å². The smallest absolute Gasteiger partial charge is 0.00964 e. The predicted octanol–water partition coefficient (Wildman–Crippen LogP) is 1.25. The van der Waals surface area contributed by atoms with Crippen LogP contribution in [0.25, 0.3) is 0 Å². The molecular weight excluding hydrogens is 172 g/mol. The van der Waals surface area contributed by atoms with E-state index in [0.717, 1.165) is 12.1 Å². The summed E-state index contributed by atoms with van der Waals surface area (Å²) in [5.41, 5.74) is 0. The Bertz CT molecular complexity index is 128. The minimum atomic E-state index is 0. The van der Waals surface area contributed by atoms with Gasteiger partial charge in [-0.15, -0.1) is 12.4 Å². The Labute approximate surface area is 81.1 Å². The molecule has 1 heterocycles. The standard InChI is InChI=1S/C9H18N2.ClH/c1-10-8-4-6-11(7-5-8)9-2-3-9;/h8-10H,2-7H2,1H3;1H. The fourth-order valence-electron chi connectivity index (χ4n) is 1.99. The van der Waals surface area contributed by atoms with Gasteiger partial charge in [0.2, 0.25) is 0 Å². The molecule has 0 amide bonds. The lowest BCUT2D eigenvalue weighted by Gasteiger charge is -2.31. The maximum absolute atomic E-state index is 3.36. The molecule has 0 radical (unpaired) electrons. The predicted molar refractivity (Wildman–Crippen MR) is 53.9 cm³/mol. The first kappa shape index (κ1) is 10.3. The Morgan fingerprint density at radius 3 is 2.08 bits per heavy atom. The number of rotatable bonds is 2. The molecular formula is C9H19ClN2. The van der Waals surface area contributed by atoms with Crippen LogP contribution in [0.15, 0.2) is 0 Å². The lowest BCUT2D eigenvalue weighted by molar-refractivity contribution is 0.193. The highest BCUT2D eigenvalue weighted by Crippen LogP contribution is 2.29. The average Bonchev–Trinajstić information content (AvgIpc) is 2.87. The molecule has 0 aromatic heterocycles. The summed E-state index contributed by atoms with van der Waals surface area (Å²) >= 11 is 0. The molecule has 72 valence electrons. The minimum absolute atomic E-state index is 0. The van der Waals surface area contributed by atoms with Crippen molar-refractivity contribution < 1.29 is 0 Å². The highest BCUT2D eigenvalue weighted by molar-refractivity contribution is 5.85. The molecule has 2 aliphatic rings. The van der Waals surface area contributed by atoms with Crippen molar-refractivity contribution in [2.45, 2.75) is 37.8 Å². The molecule has 0 aromatic carbocycles. The van der Waals surface area contributed by atoms with Gasteiger partial charge in [0, 0.05) is 12.1 Å². The van der Waals surface area contributed by atoms with Gasteiger partial charge in [-0.1, -0.05) is 0 Å². The summed E-state index contributed by atoms with van der Waals surface area (Å²) in [6.45, 7) is 2.66. The van der Waals surface area contributed by atoms with E-state index in [0.29, 0.717) is 0 Å². The van der Waals surface area contributed by atoms with Crippen LogP contribution in [0.2, 0.25) is 0 Å². The number of halogens is 1. The first-order valence-electron chi connectivity index (χ1n) is 4.81. The summed E-state index contributed by atoms with van der Waals surface area (Å²) in [6, 6.07) is 1.78. The van der Waals surface area contributed by atoms with Crippen LogP contribution in [0.5, 0.6) is 0 Å². The van der Waals surface area contributed by atoms with E-state index >= 15 is 0 Å². The van der Waals surface area contributed by atoms with E-state index in [1.54, 1.807) is 0 Å². The van der Waals surface area contributed by atoms with Crippen molar-refractivity contribution >= 4 is 12.4 Å². The van der Waals surface area contributed by atoms with Crippen molar-refractivity contribution in [2.24, 2.45) is 0 Å². The molecule has 0 aromatic rings. The van der Waals surface area contributed by atoms with Crippen molar-refractivity contribution in [1.29, 1.82) is 0 Å². The Kier molecular flexibility index (Phi) is 3.81. The number of hydrogen-bond acceptors (Lipinski definition) is 2.